The summed E-state index contributed by atoms with van der Waals surface area (Å²) in [6.07, 6.45) is -3.46. The fourth-order valence-corrected chi connectivity index (χ4v) is 3.50. The van der Waals surface area contributed by atoms with E-state index >= 15 is 0 Å². The molecule has 1 amide bonds. The molecule has 0 radical (unpaired) electrons. The minimum absolute atomic E-state index is 0.110. The number of benzene rings is 2. The highest BCUT2D eigenvalue weighted by atomic mass is 19.4. The monoisotopic (exact) mass is 429 g/mol. The Morgan fingerprint density at radius 3 is 2.65 bits per heavy atom. The van der Waals surface area contributed by atoms with Gasteiger partial charge in [-0.2, -0.15) is 5.26 Å². The van der Waals surface area contributed by atoms with E-state index in [-0.39, 0.29) is 24.6 Å². The normalized spacial score (nSPS) is 14.8. The molecule has 1 aliphatic rings. The summed E-state index contributed by atoms with van der Waals surface area (Å²) in [4.78, 5) is 13.0. The van der Waals surface area contributed by atoms with Crippen molar-refractivity contribution in [3.05, 3.63) is 65.4 Å². The van der Waals surface area contributed by atoms with Crippen LogP contribution in [0.4, 0.5) is 13.2 Å². The smallest absolute Gasteiger partial charge is 0.406 e. The van der Waals surface area contributed by atoms with Crippen molar-refractivity contribution in [1.82, 2.24) is 9.88 Å². The summed E-state index contributed by atoms with van der Waals surface area (Å²) < 4.78 is 43.4. The molecule has 1 aromatic heterocycles. The van der Waals surface area contributed by atoms with Gasteiger partial charge in [0, 0.05) is 17.4 Å². The summed E-state index contributed by atoms with van der Waals surface area (Å²) >= 11 is 0. The summed E-state index contributed by atoms with van der Waals surface area (Å²) in [7, 11) is 0. The van der Waals surface area contributed by atoms with Crippen LogP contribution in [0, 0.1) is 11.3 Å². The van der Waals surface area contributed by atoms with E-state index in [1.54, 1.807) is 34.9 Å². The van der Waals surface area contributed by atoms with Crippen molar-refractivity contribution < 1.29 is 27.8 Å². The van der Waals surface area contributed by atoms with E-state index in [4.69, 9.17) is 5.26 Å². The van der Waals surface area contributed by atoms with Crippen LogP contribution in [0.5, 0.6) is 5.75 Å². The standard InChI is InChI=1S/C22H18F3N3O3/c23-22(24,25)31-17-3-1-2-15(9-17)12-28-18-5-4-14(11-26)8-16(18)10-19(28)20(30)27-21(13-29)6-7-21/h1-5,8-10,29H,6-7,12-13H2,(H,27,30). The van der Waals surface area contributed by atoms with Gasteiger partial charge in [-0.15, -0.1) is 13.2 Å². The third-order valence-electron chi connectivity index (χ3n) is 5.27. The number of rotatable bonds is 6. The number of carbonyl (C=O) groups excluding carboxylic acids is 1. The molecule has 0 bridgehead atoms. The molecule has 1 aliphatic carbocycles. The van der Waals surface area contributed by atoms with Crippen molar-refractivity contribution in [2.75, 3.05) is 6.61 Å². The van der Waals surface area contributed by atoms with E-state index in [2.05, 4.69) is 10.1 Å². The topological polar surface area (TPSA) is 87.3 Å². The number of aliphatic hydroxyl groups excluding tert-OH is 1. The molecule has 4 rings (SSSR count). The molecule has 9 heteroatoms. The van der Waals surface area contributed by atoms with Gasteiger partial charge < -0.3 is 19.7 Å². The number of amides is 1. The molecule has 1 fully saturated rings. The van der Waals surface area contributed by atoms with Gasteiger partial charge in [-0.05, 0) is 54.8 Å². The number of hydrogen-bond acceptors (Lipinski definition) is 4. The lowest BCUT2D eigenvalue weighted by Gasteiger charge is -2.16. The lowest BCUT2D eigenvalue weighted by molar-refractivity contribution is -0.274. The second-order valence-electron chi connectivity index (χ2n) is 7.59. The van der Waals surface area contributed by atoms with Crippen molar-refractivity contribution in [3.8, 4) is 11.8 Å². The van der Waals surface area contributed by atoms with Gasteiger partial charge >= 0.3 is 6.36 Å². The highest BCUT2D eigenvalue weighted by Gasteiger charge is 2.44. The zero-order valence-electron chi connectivity index (χ0n) is 16.2. The molecule has 1 saturated carbocycles. The van der Waals surface area contributed by atoms with Gasteiger partial charge in [0.05, 0.1) is 23.8 Å². The Kier molecular flexibility index (Phi) is 5.11. The highest BCUT2D eigenvalue weighted by Crippen LogP contribution is 2.35. The number of aromatic nitrogens is 1. The molecule has 0 unspecified atom stereocenters. The maximum atomic E-state index is 13.0. The molecule has 2 aromatic carbocycles. The molecular weight excluding hydrogens is 411 g/mol. The van der Waals surface area contributed by atoms with E-state index in [1.807, 2.05) is 6.07 Å². The Balaban J connectivity index is 1.72. The van der Waals surface area contributed by atoms with Crippen LogP contribution in [0.1, 0.15) is 34.5 Å². The summed E-state index contributed by atoms with van der Waals surface area (Å²) in [5.41, 5.74) is 1.23. The average Bonchev–Trinajstić information content (AvgIpc) is 3.40. The molecule has 31 heavy (non-hydrogen) atoms. The number of carbonyl (C=O) groups is 1. The largest absolute Gasteiger partial charge is 0.573 e. The zero-order valence-corrected chi connectivity index (χ0v) is 16.2. The van der Waals surface area contributed by atoms with E-state index < -0.39 is 17.8 Å². The van der Waals surface area contributed by atoms with Crippen molar-refractivity contribution in [2.24, 2.45) is 0 Å². The average molecular weight is 429 g/mol. The number of aliphatic hydroxyl groups is 1. The molecule has 0 spiro atoms. The fourth-order valence-electron chi connectivity index (χ4n) is 3.50. The first-order chi connectivity index (χ1) is 14.7. The Labute approximate surface area is 175 Å². The van der Waals surface area contributed by atoms with Gasteiger partial charge in [-0.25, -0.2) is 0 Å². The molecule has 6 nitrogen and oxygen atoms in total. The zero-order chi connectivity index (χ0) is 22.2. The molecule has 0 saturated heterocycles. The van der Waals surface area contributed by atoms with E-state index in [0.29, 0.717) is 34.9 Å². The molecule has 160 valence electrons. The van der Waals surface area contributed by atoms with Crippen LogP contribution in [0.3, 0.4) is 0 Å². The van der Waals surface area contributed by atoms with Gasteiger partial charge in [-0.3, -0.25) is 4.79 Å². The minimum atomic E-state index is -4.81. The molecular formula is C22H18F3N3O3. The molecule has 1 heterocycles. The lowest BCUT2D eigenvalue weighted by atomic mass is 10.1. The quantitative estimate of drug-likeness (QED) is 0.625. The Bertz CT molecular complexity index is 1190. The molecule has 0 atom stereocenters. The molecule has 2 N–H and O–H groups in total. The first kappa shape index (κ1) is 20.8. The first-order valence-electron chi connectivity index (χ1n) is 9.53. The number of halogens is 3. The third kappa shape index (κ3) is 4.49. The SMILES string of the molecule is N#Cc1ccc2c(c1)cc(C(=O)NC1(CO)CC1)n2Cc1cccc(OC(F)(F)F)c1. The first-order valence-corrected chi connectivity index (χ1v) is 9.53. The Hall–Kier alpha value is -3.51. The van der Waals surface area contributed by atoms with Crippen LogP contribution in [0.25, 0.3) is 10.9 Å². The number of alkyl halides is 3. The predicted octanol–water partition coefficient (Wildman–Crippen LogP) is 3.71. The second-order valence-corrected chi connectivity index (χ2v) is 7.59. The van der Waals surface area contributed by atoms with Crippen LogP contribution < -0.4 is 10.1 Å². The predicted molar refractivity (Wildman–Crippen MR) is 105 cm³/mol. The second kappa shape index (κ2) is 7.63. The fraction of sp³-hybridized carbons (Fsp3) is 0.273. The van der Waals surface area contributed by atoms with Crippen molar-refractivity contribution in [1.29, 1.82) is 5.26 Å². The van der Waals surface area contributed by atoms with Gasteiger partial charge in [0.2, 0.25) is 0 Å². The van der Waals surface area contributed by atoms with Gasteiger partial charge in [-0.1, -0.05) is 12.1 Å². The van der Waals surface area contributed by atoms with Gasteiger partial charge in [0.25, 0.3) is 5.91 Å². The van der Waals surface area contributed by atoms with E-state index in [0.717, 1.165) is 0 Å². The maximum Gasteiger partial charge on any atom is 0.573 e. The number of nitrogens with zero attached hydrogens (tertiary/aromatic N) is 2. The maximum absolute atomic E-state index is 13.0. The number of nitriles is 1. The van der Waals surface area contributed by atoms with Crippen LogP contribution >= 0.6 is 0 Å². The number of hydrogen-bond donors (Lipinski definition) is 2. The van der Waals surface area contributed by atoms with Gasteiger partial charge in [0.1, 0.15) is 11.4 Å². The number of ether oxygens (including phenoxy) is 1. The van der Waals surface area contributed by atoms with Crippen LogP contribution in [-0.2, 0) is 6.54 Å². The number of nitrogens with one attached hydrogen (secondary N) is 1. The van der Waals surface area contributed by atoms with Gasteiger partial charge in [0.15, 0.2) is 0 Å². The highest BCUT2D eigenvalue weighted by molar-refractivity contribution is 5.99. The number of fused-ring (bicyclic) bond motifs is 1. The third-order valence-corrected chi connectivity index (χ3v) is 5.27. The molecule has 3 aromatic rings. The summed E-state index contributed by atoms with van der Waals surface area (Å²) in [5.74, 6) is -0.750. The summed E-state index contributed by atoms with van der Waals surface area (Å²) in [6.45, 7) is -0.0618. The van der Waals surface area contributed by atoms with Crippen molar-refractivity contribution in [3.63, 3.8) is 0 Å². The summed E-state index contributed by atoms with van der Waals surface area (Å²) in [6, 6.07) is 14.2. The van der Waals surface area contributed by atoms with Crippen LogP contribution in [-0.4, -0.2) is 34.1 Å². The Morgan fingerprint density at radius 2 is 2.00 bits per heavy atom. The summed E-state index contributed by atoms with van der Waals surface area (Å²) in [5, 5.41) is 22.2. The van der Waals surface area contributed by atoms with Crippen LogP contribution in [0.15, 0.2) is 48.5 Å². The molecule has 0 aliphatic heterocycles. The lowest BCUT2D eigenvalue weighted by Crippen LogP contribution is -2.40. The van der Waals surface area contributed by atoms with Crippen molar-refractivity contribution in [2.45, 2.75) is 31.3 Å². The van der Waals surface area contributed by atoms with Crippen LogP contribution in [0.2, 0.25) is 0 Å². The van der Waals surface area contributed by atoms with Crippen molar-refractivity contribution >= 4 is 16.8 Å². The van der Waals surface area contributed by atoms with E-state index in [9.17, 15) is 23.1 Å². The Morgan fingerprint density at radius 1 is 1.23 bits per heavy atom. The minimum Gasteiger partial charge on any atom is -0.406 e. The van der Waals surface area contributed by atoms with E-state index in [1.165, 1.54) is 18.2 Å².